The van der Waals surface area contributed by atoms with Crippen molar-refractivity contribution in [1.29, 1.82) is 0 Å². The minimum atomic E-state index is -0.633. The molecule has 0 aliphatic carbocycles. The predicted octanol–water partition coefficient (Wildman–Crippen LogP) is 0.981. The van der Waals surface area contributed by atoms with Crippen molar-refractivity contribution in [3.63, 3.8) is 0 Å². The Morgan fingerprint density at radius 3 is 2.47 bits per heavy atom. The van der Waals surface area contributed by atoms with Gasteiger partial charge in [0.2, 0.25) is 5.91 Å². The normalized spacial score (nSPS) is 20.2. The fourth-order valence-corrected chi connectivity index (χ4v) is 2.37. The summed E-state index contributed by atoms with van der Waals surface area (Å²) >= 11 is 0. The van der Waals surface area contributed by atoms with Gasteiger partial charge in [-0.3, -0.25) is 4.79 Å². The lowest BCUT2D eigenvalue weighted by atomic mass is 9.89. The van der Waals surface area contributed by atoms with Crippen molar-refractivity contribution in [3.8, 4) is 0 Å². The number of hydrogen-bond acceptors (Lipinski definition) is 3. The summed E-state index contributed by atoms with van der Waals surface area (Å²) in [5.74, 6) is 0.984. The van der Waals surface area contributed by atoms with Gasteiger partial charge in [-0.1, -0.05) is 20.8 Å². The minimum absolute atomic E-state index is 0.138. The molecule has 1 aliphatic heterocycles. The maximum atomic E-state index is 11.9. The second kappa shape index (κ2) is 5.83. The second-order valence-electron chi connectivity index (χ2n) is 5.76. The number of nitrogens with two attached hydrogens (primary N) is 1. The third kappa shape index (κ3) is 3.96. The molecule has 0 radical (unpaired) electrons. The highest BCUT2D eigenvalue weighted by Gasteiger charge is 2.41. The average molecular weight is 242 g/mol. The van der Waals surface area contributed by atoms with Crippen molar-refractivity contribution in [2.24, 2.45) is 17.6 Å². The van der Waals surface area contributed by atoms with E-state index in [0.717, 1.165) is 6.42 Å². The van der Waals surface area contributed by atoms with Crippen molar-refractivity contribution in [3.05, 3.63) is 0 Å². The van der Waals surface area contributed by atoms with Crippen molar-refractivity contribution in [2.75, 3.05) is 19.6 Å². The van der Waals surface area contributed by atoms with Gasteiger partial charge in [-0.05, 0) is 31.2 Å². The molecule has 4 heteroatoms. The van der Waals surface area contributed by atoms with Crippen LogP contribution in [-0.2, 0) is 4.79 Å². The summed E-state index contributed by atoms with van der Waals surface area (Å²) in [6, 6.07) is 0. The van der Waals surface area contributed by atoms with Crippen molar-refractivity contribution in [2.45, 2.75) is 45.6 Å². The largest absolute Gasteiger partial charge is 0.386 e. The fourth-order valence-electron chi connectivity index (χ4n) is 2.37. The van der Waals surface area contributed by atoms with Crippen molar-refractivity contribution < 1.29 is 9.90 Å². The van der Waals surface area contributed by atoms with Crippen LogP contribution in [0.15, 0.2) is 0 Å². The molecule has 1 heterocycles. The van der Waals surface area contributed by atoms with Gasteiger partial charge in [0, 0.05) is 6.42 Å². The third-order valence-corrected chi connectivity index (χ3v) is 3.58. The lowest BCUT2D eigenvalue weighted by Crippen LogP contribution is -2.63. The van der Waals surface area contributed by atoms with Gasteiger partial charge in [0.05, 0.1) is 18.7 Å². The Hall–Kier alpha value is -0.610. The van der Waals surface area contributed by atoms with E-state index in [0.29, 0.717) is 38.4 Å². The summed E-state index contributed by atoms with van der Waals surface area (Å²) in [6.45, 7) is 7.78. The summed E-state index contributed by atoms with van der Waals surface area (Å²) in [6.07, 6.45) is 2.23. The zero-order valence-electron chi connectivity index (χ0n) is 11.3. The summed E-state index contributed by atoms with van der Waals surface area (Å²) in [4.78, 5) is 13.7. The molecule has 4 nitrogen and oxygen atoms in total. The highest BCUT2D eigenvalue weighted by molar-refractivity contribution is 5.77. The SMILES string of the molecule is CCC1(O)CN(C(=O)C[C@@H](CN)CC(C)C)C1. The lowest BCUT2D eigenvalue weighted by molar-refractivity contribution is -0.156. The number of hydrogen-bond donors (Lipinski definition) is 2. The van der Waals surface area contributed by atoms with Gasteiger partial charge in [0.25, 0.3) is 0 Å². The third-order valence-electron chi connectivity index (χ3n) is 3.58. The first-order chi connectivity index (χ1) is 7.90. The van der Waals surface area contributed by atoms with Gasteiger partial charge in [-0.2, -0.15) is 0 Å². The van der Waals surface area contributed by atoms with Crippen LogP contribution >= 0.6 is 0 Å². The Bertz CT molecular complexity index is 260. The molecule has 1 fully saturated rings. The van der Waals surface area contributed by atoms with Crippen LogP contribution in [0.4, 0.5) is 0 Å². The molecule has 0 bridgehead atoms. The van der Waals surface area contributed by atoms with Crippen LogP contribution < -0.4 is 5.73 Å². The highest BCUT2D eigenvalue weighted by atomic mass is 16.3. The molecule has 1 amide bonds. The summed E-state index contributed by atoms with van der Waals surface area (Å²) in [7, 11) is 0. The highest BCUT2D eigenvalue weighted by Crippen LogP contribution is 2.26. The Morgan fingerprint density at radius 2 is 2.06 bits per heavy atom. The quantitative estimate of drug-likeness (QED) is 0.729. The van der Waals surface area contributed by atoms with Gasteiger partial charge < -0.3 is 15.7 Å². The second-order valence-corrected chi connectivity index (χ2v) is 5.76. The van der Waals surface area contributed by atoms with Crippen molar-refractivity contribution >= 4 is 5.91 Å². The van der Waals surface area contributed by atoms with Crippen LogP contribution in [0.2, 0.25) is 0 Å². The van der Waals surface area contributed by atoms with Gasteiger partial charge in [-0.25, -0.2) is 0 Å². The van der Waals surface area contributed by atoms with E-state index in [9.17, 15) is 9.90 Å². The smallest absolute Gasteiger partial charge is 0.223 e. The number of aliphatic hydroxyl groups is 1. The number of amides is 1. The van der Waals surface area contributed by atoms with Gasteiger partial charge in [0.1, 0.15) is 0 Å². The molecule has 0 aromatic rings. The van der Waals surface area contributed by atoms with Crippen LogP contribution in [0.3, 0.4) is 0 Å². The number of β-amino-alcohol motifs (C(OH)–C–C–N with tert-alkyl or cyclic N) is 1. The topological polar surface area (TPSA) is 66.6 Å². The molecule has 0 aromatic carbocycles. The number of carbonyl (C=O) groups excluding carboxylic acids is 1. The summed E-state index contributed by atoms with van der Waals surface area (Å²) < 4.78 is 0. The van der Waals surface area contributed by atoms with Crippen LogP contribution in [0.5, 0.6) is 0 Å². The van der Waals surface area contributed by atoms with Crippen molar-refractivity contribution in [1.82, 2.24) is 4.90 Å². The number of likely N-dealkylation sites (tertiary alicyclic amines) is 1. The van der Waals surface area contributed by atoms with Crippen LogP contribution in [0, 0.1) is 11.8 Å². The maximum Gasteiger partial charge on any atom is 0.223 e. The van der Waals surface area contributed by atoms with E-state index in [4.69, 9.17) is 5.73 Å². The zero-order chi connectivity index (χ0) is 13.1. The molecule has 0 spiro atoms. The molecule has 3 N–H and O–H groups in total. The first-order valence-electron chi connectivity index (χ1n) is 6.60. The van der Waals surface area contributed by atoms with Crippen LogP contribution in [0.25, 0.3) is 0 Å². The average Bonchev–Trinajstić information content (AvgIpc) is 2.22. The van der Waals surface area contributed by atoms with Gasteiger partial charge in [0.15, 0.2) is 0 Å². The molecular formula is C13H26N2O2. The molecule has 1 atom stereocenters. The molecule has 1 saturated heterocycles. The molecule has 17 heavy (non-hydrogen) atoms. The van der Waals surface area contributed by atoms with E-state index >= 15 is 0 Å². The maximum absolute atomic E-state index is 11.9. The Kier molecular flexibility index (Phi) is 4.95. The molecule has 100 valence electrons. The first-order valence-corrected chi connectivity index (χ1v) is 6.60. The molecule has 1 aliphatic rings. The van der Waals surface area contributed by atoms with Gasteiger partial charge >= 0.3 is 0 Å². The van der Waals surface area contributed by atoms with E-state index in [2.05, 4.69) is 13.8 Å². The van der Waals surface area contributed by atoms with Gasteiger partial charge in [-0.15, -0.1) is 0 Å². The number of rotatable bonds is 6. The Balaban J connectivity index is 2.34. The fraction of sp³-hybridized carbons (Fsp3) is 0.923. The number of nitrogens with zero attached hydrogens (tertiary/aromatic N) is 1. The van der Waals surface area contributed by atoms with Crippen LogP contribution in [0.1, 0.15) is 40.0 Å². The molecule has 0 aromatic heterocycles. The molecule has 0 unspecified atom stereocenters. The predicted molar refractivity (Wildman–Crippen MR) is 68.4 cm³/mol. The number of carbonyl (C=O) groups is 1. The standard InChI is InChI=1S/C13H26N2O2/c1-4-13(17)8-15(9-13)12(16)6-11(7-14)5-10(2)3/h10-11,17H,4-9,14H2,1-3H3/t11-/m0/s1. The molecule has 0 saturated carbocycles. The van der Waals surface area contributed by atoms with Crippen LogP contribution in [-0.4, -0.2) is 41.1 Å². The minimum Gasteiger partial charge on any atom is -0.386 e. The summed E-state index contributed by atoms with van der Waals surface area (Å²) in [5.41, 5.74) is 5.06. The lowest BCUT2D eigenvalue weighted by Gasteiger charge is -2.46. The monoisotopic (exact) mass is 242 g/mol. The van der Waals surface area contributed by atoms with E-state index in [1.54, 1.807) is 4.90 Å². The zero-order valence-corrected chi connectivity index (χ0v) is 11.3. The Morgan fingerprint density at radius 1 is 1.47 bits per heavy atom. The van der Waals surface area contributed by atoms with E-state index < -0.39 is 5.60 Å². The Labute approximate surface area is 104 Å². The van der Waals surface area contributed by atoms with E-state index in [1.165, 1.54) is 0 Å². The molecule has 1 rings (SSSR count). The van der Waals surface area contributed by atoms with E-state index in [-0.39, 0.29) is 11.8 Å². The summed E-state index contributed by atoms with van der Waals surface area (Å²) in [5, 5.41) is 9.86. The van der Waals surface area contributed by atoms with E-state index in [1.807, 2.05) is 6.92 Å². The molecular weight excluding hydrogens is 216 g/mol. The first kappa shape index (κ1) is 14.5.